The molecule has 1 fully saturated rings. The predicted molar refractivity (Wildman–Crippen MR) is 67.5 cm³/mol. The van der Waals surface area contributed by atoms with Crippen LogP contribution in [-0.2, 0) is 6.18 Å². The maximum atomic E-state index is 12.7. The predicted octanol–water partition coefficient (Wildman–Crippen LogP) is 3.22. The number of carboxylic acids is 1. The third-order valence-electron chi connectivity index (χ3n) is 3.20. The van der Waals surface area contributed by atoms with Crippen LogP contribution in [0.2, 0.25) is 0 Å². The molecule has 0 aromatic heterocycles. The molecule has 0 bridgehead atoms. The van der Waals surface area contributed by atoms with Crippen molar-refractivity contribution >= 4 is 11.7 Å². The zero-order valence-corrected chi connectivity index (χ0v) is 10.7. The zero-order chi connectivity index (χ0) is 14.8. The molecule has 1 aromatic carbocycles. The molecule has 7 heteroatoms. The van der Waals surface area contributed by atoms with Gasteiger partial charge in [0.05, 0.1) is 11.1 Å². The number of benzene rings is 1. The lowest BCUT2D eigenvalue weighted by molar-refractivity contribution is -0.138. The highest BCUT2D eigenvalue weighted by molar-refractivity contribution is 5.90. The second-order valence-electron chi connectivity index (χ2n) is 4.72. The molecule has 1 heterocycles. The number of hydrogen-bond acceptors (Lipinski definition) is 3. The van der Waals surface area contributed by atoms with Gasteiger partial charge in [-0.05, 0) is 31.0 Å². The molecule has 1 saturated heterocycles. The summed E-state index contributed by atoms with van der Waals surface area (Å²) in [5.74, 6) is -1.58. The summed E-state index contributed by atoms with van der Waals surface area (Å²) in [6.07, 6.45) is -1.51. The van der Waals surface area contributed by atoms with Gasteiger partial charge in [-0.3, -0.25) is 0 Å². The van der Waals surface area contributed by atoms with Gasteiger partial charge in [-0.25, -0.2) is 9.80 Å². The lowest BCUT2D eigenvalue weighted by atomic mass is 10.1. The quantitative estimate of drug-likeness (QED) is 0.896. The monoisotopic (exact) mass is 288 g/mol. The Hall–Kier alpha value is -1.76. The minimum absolute atomic E-state index is 0.359. The zero-order valence-electron chi connectivity index (χ0n) is 10.7. The Bertz CT molecular complexity index is 497. The van der Waals surface area contributed by atoms with Crippen molar-refractivity contribution in [3.8, 4) is 0 Å². The number of halogens is 3. The first kappa shape index (κ1) is 14.6. The fourth-order valence-electron chi connectivity index (χ4n) is 2.23. The molecule has 0 radical (unpaired) electrons. The van der Waals surface area contributed by atoms with Crippen molar-refractivity contribution in [3.63, 3.8) is 0 Å². The number of hydrogen-bond donors (Lipinski definition) is 2. The maximum absolute atomic E-state index is 12.7. The molecule has 0 spiro atoms. The summed E-state index contributed by atoms with van der Waals surface area (Å²) in [6, 6.07) is 3.08. The minimum Gasteiger partial charge on any atom is -0.478 e. The average molecular weight is 288 g/mol. The van der Waals surface area contributed by atoms with Gasteiger partial charge in [0, 0.05) is 18.8 Å². The van der Waals surface area contributed by atoms with E-state index in [0.29, 0.717) is 5.69 Å². The Morgan fingerprint density at radius 1 is 1.20 bits per heavy atom. The van der Waals surface area contributed by atoms with E-state index in [1.807, 2.05) is 5.01 Å². The van der Waals surface area contributed by atoms with E-state index < -0.39 is 23.3 Å². The van der Waals surface area contributed by atoms with E-state index in [1.165, 1.54) is 6.07 Å². The van der Waals surface area contributed by atoms with Gasteiger partial charge in [-0.1, -0.05) is 6.42 Å². The van der Waals surface area contributed by atoms with Gasteiger partial charge in [0.15, 0.2) is 0 Å². The van der Waals surface area contributed by atoms with Gasteiger partial charge in [-0.2, -0.15) is 13.2 Å². The highest BCUT2D eigenvalue weighted by Crippen LogP contribution is 2.33. The number of nitrogens with zero attached hydrogens (tertiary/aromatic N) is 1. The van der Waals surface area contributed by atoms with Gasteiger partial charge in [0.1, 0.15) is 0 Å². The summed E-state index contributed by atoms with van der Waals surface area (Å²) in [5, 5.41) is 10.8. The van der Waals surface area contributed by atoms with Crippen LogP contribution in [0.4, 0.5) is 18.9 Å². The summed E-state index contributed by atoms with van der Waals surface area (Å²) in [5.41, 5.74) is 1.45. The molecule has 20 heavy (non-hydrogen) atoms. The number of nitrogens with one attached hydrogen (secondary N) is 1. The molecule has 1 aliphatic rings. The van der Waals surface area contributed by atoms with Crippen molar-refractivity contribution in [2.75, 3.05) is 18.5 Å². The standard InChI is InChI=1S/C13H15F3N2O2/c14-13(15,16)11-5-4-9(8-10(11)12(19)20)17-18-6-2-1-3-7-18/h4-5,8,17H,1-3,6-7H2,(H,19,20). The van der Waals surface area contributed by atoms with Crippen molar-refractivity contribution < 1.29 is 23.1 Å². The smallest absolute Gasteiger partial charge is 0.417 e. The molecule has 0 aliphatic carbocycles. The molecule has 2 N–H and O–H groups in total. The summed E-state index contributed by atoms with van der Waals surface area (Å²) in [7, 11) is 0. The number of rotatable bonds is 3. The van der Waals surface area contributed by atoms with Gasteiger partial charge in [0.2, 0.25) is 0 Å². The highest BCUT2D eigenvalue weighted by Gasteiger charge is 2.35. The molecular weight excluding hydrogens is 273 g/mol. The normalized spacial score (nSPS) is 16.9. The Balaban J connectivity index is 2.23. The van der Waals surface area contributed by atoms with Crippen molar-refractivity contribution in [1.29, 1.82) is 0 Å². The number of alkyl halides is 3. The minimum atomic E-state index is -4.67. The number of anilines is 1. The topological polar surface area (TPSA) is 52.6 Å². The molecule has 110 valence electrons. The van der Waals surface area contributed by atoms with Gasteiger partial charge < -0.3 is 10.5 Å². The van der Waals surface area contributed by atoms with Crippen LogP contribution in [0.5, 0.6) is 0 Å². The van der Waals surface area contributed by atoms with E-state index in [1.54, 1.807) is 0 Å². The SMILES string of the molecule is O=C(O)c1cc(NN2CCCCC2)ccc1C(F)(F)F. The second kappa shape index (κ2) is 5.70. The van der Waals surface area contributed by atoms with Crippen molar-refractivity contribution in [2.24, 2.45) is 0 Å². The van der Waals surface area contributed by atoms with Crippen LogP contribution in [0.1, 0.15) is 35.2 Å². The lowest BCUT2D eigenvalue weighted by Crippen LogP contribution is -2.34. The van der Waals surface area contributed by atoms with Gasteiger partial charge in [-0.15, -0.1) is 0 Å². The van der Waals surface area contributed by atoms with Gasteiger partial charge >= 0.3 is 12.1 Å². The largest absolute Gasteiger partial charge is 0.478 e. The summed E-state index contributed by atoms with van der Waals surface area (Å²) in [6.45, 7) is 1.59. The van der Waals surface area contributed by atoms with Crippen LogP contribution >= 0.6 is 0 Å². The van der Waals surface area contributed by atoms with Crippen LogP contribution in [0.3, 0.4) is 0 Å². The molecule has 2 rings (SSSR count). The maximum Gasteiger partial charge on any atom is 0.417 e. The molecule has 1 aliphatic heterocycles. The van der Waals surface area contributed by atoms with E-state index >= 15 is 0 Å². The Morgan fingerprint density at radius 3 is 2.40 bits per heavy atom. The molecule has 1 aromatic rings. The molecule has 0 unspecified atom stereocenters. The van der Waals surface area contributed by atoms with Crippen molar-refractivity contribution in [2.45, 2.75) is 25.4 Å². The van der Waals surface area contributed by atoms with Crippen molar-refractivity contribution in [3.05, 3.63) is 29.3 Å². The fourth-order valence-corrected chi connectivity index (χ4v) is 2.23. The van der Waals surface area contributed by atoms with Crippen LogP contribution in [-0.4, -0.2) is 29.2 Å². The van der Waals surface area contributed by atoms with E-state index in [9.17, 15) is 18.0 Å². The first-order chi connectivity index (χ1) is 9.38. The third-order valence-corrected chi connectivity index (χ3v) is 3.20. The van der Waals surface area contributed by atoms with E-state index in [-0.39, 0.29) is 0 Å². The third kappa shape index (κ3) is 3.41. The molecule has 4 nitrogen and oxygen atoms in total. The first-order valence-corrected chi connectivity index (χ1v) is 6.34. The lowest BCUT2D eigenvalue weighted by Gasteiger charge is -2.28. The van der Waals surface area contributed by atoms with Crippen LogP contribution in [0, 0.1) is 0 Å². The van der Waals surface area contributed by atoms with Crippen LogP contribution < -0.4 is 5.43 Å². The Labute approximate surface area is 114 Å². The fraction of sp³-hybridized carbons (Fsp3) is 0.462. The average Bonchev–Trinajstić information content (AvgIpc) is 2.38. The number of hydrazine groups is 1. The summed E-state index contributed by atoms with van der Waals surface area (Å²) >= 11 is 0. The number of aromatic carboxylic acids is 1. The van der Waals surface area contributed by atoms with E-state index in [4.69, 9.17) is 5.11 Å². The number of carbonyl (C=O) groups is 1. The molecular formula is C13H15F3N2O2. The number of piperidine rings is 1. The molecule has 0 amide bonds. The van der Waals surface area contributed by atoms with Crippen molar-refractivity contribution in [1.82, 2.24) is 5.01 Å². The summed E-state index contributed by atoms with van der Waals surface area (Å²) < 4.78 is 38.1. The molecule has 0 saturated carbocycles. The first-order valence-electron chi connectivity index (χ1n) is 6.34. The Kier molecular flexibility index (Phi) is 4.17. The van der Waals surface area contributed by atoms with Gasteiger partial charge in [0.25, 0.3) is 0 Å². The molecule has 0 atom stereocenters. The van der Waals surface area contributed by atoms with Crippen LogP contribution in [0.25, 0.3) is 0 Å². The van der Waals surface area contributed by atoms with E-state index in [0.717, 1.165) is 44.5 Å². The second-order valence-corrected chi connectivity index (χ2v) is 4.72. The van der Waals surface area contributed by atoms with Crippen LogP contribution in [0.15, 0.2) is 18.2 Å². The Morgan fingerprint density at radius 2 is 1.85 bits per heavy atom. The number of carboxylic acid groups (broad SMARTS) is 1. The highest BCUT2D eigenvalue weighted by atomic mass is 19.4. The summed E-state index contributed by atoms with van der Waals surface area (Å²) in [4.78, 5) is 11.0. The van der Waals surface area contributed by atoms with E-state index in [2.05, 4.69) is 5.43 Å².